The first-order chi connectivity index (χ1) is 8.31. The predicted molar refractivity (Wildman–Crippen MR) is 71.9 cm³/mol. The molecule has 0 spiro atoms. The zero-order valence-electron chi connectivity index (χ0n) is 11.2. The zero-order chi connectivity index (χ0) is 12.8. The number of nitrogens with one attached hydrogen (secondary N) is 1. The van der Waals surface area contributed by atoms with Crippen LogP contribution in [0.5, 0.6) is 0 Å². The van der Waals surface area contributed by atoms with Gasteiger partial charge in [-0.1, -0.05) is 39.5 Å². The highest BCUT2D eigenvalue weighted by molar-refractivity contribution is 5.78. The number of ketones is 1. The minimum atomic E-state index is 0.469. The van der Waals surface area contributed by atoms with E-state index in [0.29, 0.717) is 5.78 Å². The molecule has 1 heterocycles. The molecule has 1 rings (SSSR count). The second-order valence-electron chi connectivity index (χ2n) is 4.21. The van der Waals surface area contributed by atoms with E-state index in [0.717, 1.165) is 25.7 Å². The van der Waals surface area contributed by atoms with Gasteiger partial charge in [0.05, 0.1) is 6.33 Å². The standard InChI is InChI=1S/C11H22O.C3H4N2/c1-3-5-7-9-11(12)10-8-6-4-2;1-2-5-3-4-1/h3-10H2,1-2H3;1-3H,(H,4,5). The average molecular weight is 238 g/mol. The molecular weight excluding hydrogens is 212 g/mol. The topological polar surface area (TPSA) is 45.8 Å². The molecule has 0 fully saturated rings. The van der Waals surface area contributed by atoms with E-state index in [1.54, 1.807) is 18.7 Å². The van der Waals surface area contributed by atoms with Crippen LogP contribution in [-0.4, -0.2) is 15.8 Å². The number of aromatic amines is 1. The largest absolute Gasteiger partial charge is 0.351 e. The number of imidazole rings is 1. The Morgan fingerprint density at radius 3 is 1.94 bits per heavy atom. The van der Waals surface area contributed by atoms with Gasteiger partial charge in [-0.2, -0.15) is 0 Å². The van der Waals surface area contributed by atoms with Gasteiger partial charge < -0.3 is 4.98 Å². The van der Waals surface area contributed by atoms with E-state index in [9.17, 15) is 4.79 Å². The molecule has 0 radical (unpaired) electrons. The Bertz CT molecular complexity index is 216. The molecule has 17 heavy (non-hydrogen) atoms. The van der Waals surface area contributed by atoms with Crippen molar-refractivity contribution in [2.75, 3.05) is 0 Å². The molecule has 0 amide bonds. The number of rotatable bonds is 8. The Labute approximate surface area is 105 Å². The molecule has 0 atom stereocenters. The summed E-state index contributed by atoms with van der Waals surface area (Å²) in [5.41, 5.74) is 0. The minimum absolute atomic E-state index is 0.469. The fourth-order valence-electron chi connectivity index (χ4n) is 1.48. The van der Waals surface area contributed by atoms with Crippen molar-refractivity contribution in [2.24, 2.45) is 0 Å². The second-order valence-corrected chi connectivity index (χ2v) is 4.21. The summed E-state index contributed by atoms with van der Waals surface area (Å²) in [7, 11) is 0. The third-order valence-electron chi connectivity index (χ3n) is 2.52. The normalized spacial score (nSPS) is 9.53. The molecule has 1 N–H and O–H groups in total. The molecule has 0 aliphatic heterocycles. The van der Waals surface area contributed by atoms with Gasteiger partial charge >= 0.3 is 0 Å². The maximum absolute atomic E-state index is 11.2. The summed E-state index contributed by atoms with van der Waals surface area (Å²) in [5.74, 6) is 0.469. The molecule has 0 aliphatic rings. The summed E-state index contributed by atoms with van der Waals surface area (Å²) in [6, 6.07) is 0. The van der Waals surface area contributed by atoms with Crippen molar-refractivity contribution >= 4 is 5.78 Å². The van der Waals surface area contributed by atoms with Gasteiger partial charge in [0, 0.05) is 25.2 Å². The molecule has 0 saturated heterocycles. The highest BCUT2D eigenvalue weighted by Gasteiger charge is 1.99. The minimum Gasteiger partial charge on any atom is -0.351 e. The van der Waals surface area contributed by atoms with E-state index < -0.39 is 0 Å². The number of H-pyrrole nitrogens is 1. The molecule has 0 aromatic carbocycles. The van der Waals surface area contributed by atoms with Gasteiger partial charge in [0.15, 0.2) is 0 Å². The van der Waals surface area contributed by atoms with Crippen molar-refractivity contribution in [1.29, 1.82) is 0 Å². The number of carbonyl (C=O) groups is 1. The lowest BCUT2D eigenvalue weighted by Crippen LogP contribution is -1.96. The van der Waals surface area contributed by atoms with Gasteiger partial charge in [-0.05, 0) is 12.8 Å². The predicted octanol–water partition coefficient (Wildman–Crippen LogP) is 4.13. The fourth-order valence-corrected chi connectivity index (χ4v) is 1.48. The van der Waals surface area contributed by atoms with Gasteiger partial charge in [0.2, 0.25) is 0 Å². The van der Waals surface area contributed by atoms with Crippen LogP contribution in [0.3, 0.4) is 0 Å². The van der Waals surface area contributed by atoms with Gasteiger partial charge in [0.1, 0.15) is 5.78 Å². The third-order valence-corrected chi connectivity index (χ3v) is 2.52. The number of unbranched alkanes of at least 4 members (excludes halogenated alkanes) is 4. The van der Waals surface area contributed by atoms with Crippen LogP contribution in [0.15, 0.2) is 18.7 Å². The van der Waals surface area contributed by atoms with E-state index in [1.165, 1.54) is 25.7 Å². The molecule has 0 bridgehead atoms. The van der Waals surface area contributed by atoms with Gasteiger partial charge in [-0.3, -0.25) is 4.79 Å². The van der Waals surface area contributed by atoms with Crippen LogP contribution in [-0.2, 0) is 4.79 Å². The summed E-state index contributed by atoms with van der Waals surface area (Å²) < 4.78 is 0. The van der Waals surface area contributed by atoms with Crippen molar-refractivity contribution < 1.29 is 4.79 Å². The highest BCUT2D eigenvalue weighted by atomic mass is 16.1. The lowest BCUT2D eigenvalue weighted by atomic mass is 10.1. The van der Waals surface area contributed by atoms with Crippen molar-refractivity contribution in [3.8, 4) is 0 Å². The fraction of sp³-hybridized carbons (Fsp3) is 0.714. The maximum atomic E-state index is 11.2. The molecule has 0 aliphatic carbocycles. The van der Waals surface area contributed by atoms with E-state index in [1.807, 2.05) is 0 Å². The van der Waals surface area contributed by atoms with Crippen molar-refractivity contribution in [1.82, 2.24) is 9.97 Å². The lowest BCUT2D eigenvalue weighted by Gasteiger charge is -1.98. The van der Waals surface area contributed by atoms with Crippen molar-refractivity contribution in [2.45, 2.75) is 65.2 Å². The Balaban J connectivity index is 0.000000419. The molecule has 0 unspecified atom stereocenters. The van der Waals surface area contributed by atoms with Crippen LogP contribution in [0.25, 0.3) is 0 Å². The maximum Gasteiger partial charge on any atom is 0.132 e. The summed E-state index contributed by atoms with van der Waals surface area (Å²) in [4.78, 5) is 17.6. The summed E-state index contributed by atoms with van der Waals surface area (Å²) >= 11 is 0. The Kier molecular flexibility index (Phi) is 12.1. The first kappa shape index (κ1) is 15.9. The second kappa shape index (κ2) is 12.9. The Morgan fingerprint density at radius 2 is 1.65 bits per heavy atom. The lowest BCUT2D eigenvalue weighted by molar-refractivity contribution is -0.119. The summed E-state index contributed by atoms with van der Waals surface area (Å²) in [5, 5.41) is 0. The summed E-state index contributed by atoms with van der Waals surface area (Å²) in [6.07, 6.45) is 13.8. The van der Waals surface area contributed by atoms with Crippen LogP contribution < -0.4 is 0 Å². The van der Waals surface area contributed by atoms with Gasteiger partial charge in [-0.15, -0.1) is 0 Å². The number of Topliss-reactive ketones (excluding diaryl/α,β-unsaturated/α-hetero) is 1. The molecule has 1 aromatic rings. The highest BCUT2D eigenvalue weighted by Crippen LogP contribution is 2.05. The van der Waals surface area contributed by atoms with Crippen LogP contribution >= 0.6 is 0 Å². The number of aromatic nitrogens is 2. The van der Waals surface area contributed by atoms with Gasteiger partial charge in [-0.25, -0.2) is 4.98 Å². The smallest absolute Gasteiger partial charge is 0.132 e. The molecular formula is C14H26N2O. The molecule has 3 heteroatoms. The van der Waals surface area contributed by atoms with E-state index in [-0.39, 0.29) is 0 Å². The number of hydrogen-bond acceptors (Lipinski definition) is 2. The summed E-state index contributed by atoms with van der Waals surface area (Å²) in [6.45, 7) is 4.34. The third kappa shape index (κ3) is 12.8. The molecule has 3 nitrogen and oxygen atoms in total. The van der Waals surface area contributed by atoms with Crippen molar-refractivity contribution in [3.63, 3.8) is 0 Å². The van der Waals surface area contributed by atoms with Crippen molar-refractivity contribution in [3.05, 3.63) is 18.7 Å². The van der Waals surface area contributed by atoms with Crippen LogP contribution in [0.4, 0.5) is 0 Å². The number of nitrogens with zero attached hydrogens (tertiary/aromatic N) is 1. The Hall–Kier alpha value is -1.12. The molecule has 0 saturated carbocycles. The van der Waals surface area contributed by atoms with Crippen LogP contribution in [0.1, 0.15) is 65.2 Å². The average Bonchev–Trinajstić information content (AvgIpc) is 2.88. The van der Waals surface area contributed by atoms with E-state index in [2.05, 4.69) is 23.8 Å². The molecule has 1 aromatic heterocycles. The number of hydrogen-bond donors (Lipinski definition) is 1. The number of carbonyl (C=O) groups excluding carboxylic acids is 1. The van der Waals surface area contributed by atoms with Crippen LogP contribution in [0, 0.1) is 0 Å². The Morgan fingerprint density at radius 1 is 1.06 bits per heavy atom. The first-order valence-corrected chi connectivity index (χ1v) is 6.75. The monoisotopic (exact) mass is 238 g/mol. The molecule has 98 valence electrons. The van der Waals surface area contributed by atoms with E-state index >= 15 is 0 Å². The first-order valence-electron chi connectivity index (χ1n) is 6.75. The quantitative estimate of drug-likeness (QED) is 0.692. The van der Waals surface area contributed by atoms with Gasteiger partial charge in [0.25, 0.3) is 0 Å². The zero-order valence-corrected chi connectivity index (χ0v) is 11.2. The van der Waals surface area contributed by atoms with E-state index in [4.69, 9.17) is 0 Å². The van der Waals surface area contributed by atoms with Crippen LogP contribution in [0.2, 0.25) is 0 Å². The SMILES string of the molecule is CCCCCC(=O)CCCCC.c1c[nH]cn1.